The van der Waals surface area contributed by atoms with Crippen molar-refractivity contribution in [3.63, 3.8) is 0 Å². The molecule has 23 heavy (non-hydrogen) atoms. The maximum Gasteiger partial charge on any atom is 0.191 e. The van der Waals surface area contributed by atoms with Crippen molar-refractivity contribution in [2.24, 2.45) is 10.9 Å². The molecule has 6 heteroatoms. The van der Waals surface area contributed by atoms with Crippen LogP contribution in [0.15, 0.2) is 4.99 Å². The summed E-state index contributed by atoms with van der Waals surface area (Å²) in [5.41, 5.74) is 0. The van der Waals surface area contributed by atoms with Crippen LogP contribution in [0.1, 0.15) is 27.7 Å². The Morgan fingerprint density at radius 1 is 1.22 bits per heavy atom. The Morgan fingerprint density at radius 3 is 2.43 bits per heavy atom. The fourth-order valence-electron chi connectivity index (χ4n) is 2.48. The Bertz CT molecular complexity index is 351. The lowest BCUT2D eigenvalue weighted by molar-refractivity contribution is 0.139. The predicted octanol–water partition coefficient (Wildman–Crippen LogP) is 1.57. The Balaban J connectivity index is 2.37. The monoisotopic (exact) mass is 343 g/mol. The maximum atomic E-state index is 4.74. The summed E-state index contributed by atoms with van der Waals surface area (Å²) in [6.07, 6.45) is 2.15. The Hall–Kier alpha value is -0.460. The lowest BCUT2D eigenvalue weighted by Gasteiger charge is -2.34. The van der Waals surface area contributed by atoms with E-state index in [0.29, 0.717) is 5.92 Å². The first-order valence-corrected chi connectivity index (χ1v) is 10.1. The highest BCUT2D eigenvalue weighted by molar-refractivity contribution is 7.99. The summed E-state index contributed by atoms with van der Waals surface area (Å²) in [6, 6.07) is 0. The Kier molecular flexibility index (Phi) is 9.32. The molecule has 0 aliphatic carbocycles. The second-order valence-corrected chi connectivity index (χ2v) is 8.76. The molecule has 1 unspecified atom stereocenters. The van der Waals surface area contributed by atoms with Gasteiger partial charge < -0.3 is 20.4 Å². The van der Waals surface area contributed by atoms with Crippen LogP contribution in [-0.4, -0.2) is 86.2 Å². The van der Waals surface area contributed by atoms with Crippen LogP contribution in [0, 0.1) is 5.92 Å². The second-order valence-electron chi connectivity index (χ2n) is 7.25. The lowest BCUT2D eigenvalue weighted by Crippen LogP contribution is -2.47. The molecular weight excluding hydrogens is 306 g/mol. The first-order chi connectivity index (χ1) is 10.9. The Labute approximate surface area is 147 Å². The molecule has 1 aliphatic rings. The highest BCUT2D eigenvalue weighted by Gasteiger charge is 2.17. The molecule has 0 radical (unpaired) electrons. The van der Waals surface area contributed by atoms with E-state index in [2.05, 4.69) is 61.4 Å². The topological polar surface area (TPSA) is 42.9 Å². The zero-order valence-electron chi connectivity index (χ0n) is 16.0. The molecule has 5 nitrogen and oxygen atoms in total. The van der Waals surface area contributed by atoms with Gasteiger partial charge in [0.15, 0.2) is 5.96 Å². The number of hydrogen-bond donors (Lipinski definition) is 2. The molecule has 0 aromatic carbocycles. The van der Waals surface area contributed by atoms with Crippen molar-refractivity contribution in [2.45, 2.75) is 32.4 Å². The molecule has 0 aromatic heterocycles. The van der Waals surface area contributed by atoms with Crippen LogP contribution in [0.3, 0.4) is 0 Å². The van der Waals surface area contributed by atoms with Gasteiger partial charge >= 0.3 is 0 Å². The van der Waals surface area contributed by atoms with Crippen molar-refractivity contribution in [1.29, 1.82) is 0 Å². The minimum absolute atomic E-state index is 0.188. The summed E-state index contributed by atoms with van der Waals surface area (Å²) >= 11 is 1.86. The van der Waals surface area contributed by atoms with Crippen LogP contribution in [0.5, 0.6) is 0 Å². The average molecular weight is 344 g/mol. The summed E-state index contributed by atoms with van der Waals surface area (Å²) in [4.78, 5) is 9.72. The van der Waals surface area contributed by atoms with Crippen molar-refractivity contribution in [2.75, 3.05) is 65.7 Å². The van der Waals surface area contributed by atoms with E-state index in [1.54, 1.807) is 0 Å². The third-order valence-electron chi connectivity index (χ3n) is 4.30. The molecule has 136 valence electrons. The number of nitrogens with one attached hydrogen (secondary N) is 2. The van der Waals surface area contributed by atoms with Gasteiger partial charge in [-0.05, 0) is 40.0 Å². The van der Waals surface area contributed by atoms with Crippen molar-refractivity contribution in [3.05, 3.63) is 0 Å². The number of hydrogen-bond acceptors (Lipinski definition) is 4. The maximum absolute atomic E-state index is 4.74. The summed E-state index contributed by atoms with van der Waals surface area (Å²) in [5, 5.41) is 6.86. The molecule has 2 N–H and O–H groups in total. The van der Waals surface area contributed by atoms with Gasteiger partial charge in [0, 0.05) is 50.6 Å². The fourth-order valence-corrected chi connectivity index (χ4v) is 2.68. The largest absolute Gasteiger partial charge is 0.357 e. The van der Waals surface area contributed by atoms with Gasteiger partial charge in [0.25, 0.3) is 0 Å². The molecule has 1 aliphatic heterocycles. The molecule has 1 fully saturated rings. The molecule has 1 atom stereocenters. The number of guanidine groups is 1. The van der Waals surface area contributed by atoms with Crippen LogP contribution in [0.2, 0.25) is 0 Å². The molecule has 1 saturated heterocycles. The number of piperazine rings is 1. The normalized spacial score (nSPS) is 19.7. The van der Waals surface area contributed by atoms with Gasteiger partial charge in [-0.15, -0.1) is 0 Å². The first-order valence-electron chi connectivity index (χ1n) is 8.84. The number of thioether (sulfide) groups is 1. The molecule has 0 amide bonds. The number of aliphatic imine (C=N–C) groups is 1. The number of likely N-dealkylation sites (N-methyl/N-ethyl adjacent to an activating group) is 1. The molecule has 1 heterocycles. The highest BCUT2D eigenvalue weighted by Crippen LogP contribution is 2.20. The van der Waals surface area contributed by atoms with Crippen LogP contribution in [0.4, 0.5) is 0 Å². The van der Waals surface area contributed by atoms with E-state index in [1.807, 2.05) is 11.8 Å². The quantitative estimate of drug-likeness (QED) is 0.517. The van der Waals surface area contributed by atoms with E-state index >= 15 is 0 Å². The zero-order chi connectivity index (χ0) is 17.3. The van der Waals surface area contributed by atoms with E-state index in [0.717, 1.165) is 32.1 Å². The third-order valence-corrected chi connectivity index (χ3v) is 5.53. The van der Waals surface area contributed by atoms with E-state index in [-0.39, 0.29) is 4.75 Å². The summed E-state index contributed by atoms with van der Waals surface area (Å²) < 4.78 is 0.188. The summed E-state index contributed by atoms with van der Waals surface area (Å²) in [6.45, 7) is 17.5. The molecule has 0 aromatic rings. The van der Waals surface area contributed by atoms with Crippen LogP contribution in [0.25, 0.3) is 0 Å². The van der Waals surface area contributed by atoms with Gasteiger partial charge in [0.1, 0.15) is 0 Å². The van der Waals surface area contributed by atoms with Crippen molar-refractivity contribution in [1.82, 2.24) is 20.4 Å². The SMILES string of the molecule is CCNC(=NCC(C)(C)SC)NCC(C)CN1CCN(C)CC1. The van der Waals surface area contributed by atoms with E-state index < -0.39 is 0 Å². The smallest absolute Gasteiger partial charge is 0.191 e. The molecule has 1 rings (SSSR count). The van der Waals surface area contributed by atoms with E-state index in [4.69, 9.17) is 4.99 Å². The van der Waals surface area contributed by atoms with Crippen molar-refractivity contribution in [3.8, 4) is 0 Å². The molecule has 0 spiro atoms. The van der Waals surface area contributed by atoms with Gasteiger partial charge in [-0.1, -0.05) is 6.92 Å². The Morgan fingerprint density at radius 2 is 1.87 bits per heavy atom. The predicted molar refractivity (Wildman–Crippen MR) is 105 cm³/mol. The fraction of sp³-hybridized carbons (Fsp3) is 0.941. The number of nitrogens with zero attached hydrogens (tertiary/aromatic N) is 3. The summed E-state index contributed by atoms with van der Waals surface area (Å²) in [7, 11) is 2.21. The van der Waals surface area contributed by atoms with Gasteiger partial charge in [0.05, 0.1) is 6.54 Å². The van der Waals surface area contributed by atoms with Crippen LogP contribution >= 0.6 is 11.8 Å². The van der Waals surface area contributed by atoms with Crippen LogP contribution in [-0.2, 0) is 0 Å². The summed E-state index contributed by atoms with van der Waals surface area (Å²) in [5.74, 6) is 1.57. The van der Waals surface area contributed by atoms with Gasteiger partial charge in [-0.25, -0.2) is 0 Å². The lowest BCUT2D eigenvalue weighted by atomic mass is 10.1. The second kappa shape index (κ2) is 10.4. The van der Waals surface area contributed by atoms with E-state index in [9.17, 15) is 0 Å². The zero-order valence-corrected chi connectivity index (χ0v) is 16.8. The minimum Gasteiger partial charge on any atom is -0.357 e. The van der Waals surface area contributed by atoms with Gasteiger partial charge in [-0.3, -0.25) is 4.99 Å². The van der Waals surface area contributed by atoms with Crippen molar-refractivity contribution < 1.29 is 0 Å². The average Bonchev–Trinajstić information content (AvgIpc) is 2.52. The highest BCUT2D eigenvalue weighted by atomic mass is 32.2. The molecule has 0 bridgehead atoms. The molecular formula is C17H37N5S. The van der Waals surface area contributed by atoms with Gasteiger partial charge in [0.2, 0.25) is 0 Å². The standard InChI is InChI=1S/C17H37N5S/c1-7-18-16(20-14-17(3,4)23-6)19-12-15(2)13-22-10-8-21(5)9-11-22/h15H,7-14H2,1-6H3,(H2,18,19,20). The third kappa shape index (κ3) is 8.82. The number of rotatable bonds is 8. The van der Waals surface area contributed by atoms with Gasteiger partial charge in [-0.2, -0.15) is 11.8 Å². The first kappa shape index (κ1) is 20.6. The minimum atomic E-state index is 0.188. The van der Waals surface area contributed by atoms with E-state index in [1.165, 1.54) is 26.2 Å². The molecule has 0 saturated carbocycles. The van der Waals surface area contributed by atoms with Crippen molar-refractivity contribution >= 4 is 17.7 Å². The van der Waals surface area contributed by atoms with Crippen LogP contribution < -0.4 is 10.6 Å².